The number of hydroxylamine groups is 2. The van der Waals surface area contributed by atoms with Crippen LogP contribution in [0.15, 0.2) is 0 Å². The molecule has 5 heteroatoms. The molecule has 1 fully saturated rings. The minimum absolute atomic E-state index is 0.169. The summed E-state index contributed by atoms with van der Waals surface area (Å²) in [5.41, 5.74) is 0. The van der Waals surface area contributed by atoms with Gasteiger partial charge in [0.15, 0.2) is 0 Å². The quantitative estimate of drug-likeness (QED) is 0.492. The van der Waals surface area contributed by atoms with Crippen LogP contribution in [-0.4, -0.2) is 29.5 Å². The normalized spacial score (nSPS) is 26.4. The Hall–Kier alpha value is 0.01000. The van der Waals surface area contributed by atoms with E-state index in [1.54, 1.807) is 0 Å². The summed E-state index contributed by atoms with van der Waals surface area (Å²) in [4.78, 5) is 15.9. The zero-order chi connectivity index (χ0) is 8.65. The molecule has 1 aliphatic carbocycles. The van der Waals surface area contributed by atoms with Crippen molar-refractivity contribution in [3.05, 3.63) is 0 Å². The molecule has 64 valence electrons. The van der Waals surface area contributed by atoms with E-state index >= 15 is 0 Å². The lowest BCUT2D eigenvalue weighted by atomic mass is 10.4. The van der Waals surface area contributed by atoms with E-state index in [2.05, 4.69) is 4.84 Å². The van der Waals surface area contributed by atoms with Crippen LogP contribution in [0, 0.1) is 5.92 Å². The summed E-state index contributed by atoms with van der Waals surface area (Å²) in [6, 6.07) is 0. The van der Waals surface area contributed by atoms with Crippen LogP contribution in [0.4, 0.5) is 0 Å². The maximum absolute atomic E-state index is 11.2. The molecule has 0 bridgehead atoms. The molecule has 0 aliphatic heterocycles. The van der Waals surface area contributed by atoms with E-state index in [9.17, 15) is 4.79 Å². The van der Waals surface area contributed by atoms with Crippen molar-refractivity contribution in [1.29, 1.82) is 0 Å². The Labute approximate surface area is 75.2 Å². The van der Waals surface area contributed by atoms with Crippen molar-refractivity contribution < 1.29 is 9.63 Å². The van der Waals surface area contributed by atoms with Crippen LogP contribution >= 0.6 is 23.2 Å². The van der Waals surface area contributed by atoms with Crippen LogP contribution in [0.1, 0.15) is 6.42 Å². The molecule has 0 heterocycles. The number of rotatable bonds is 2. The van der Waals surface area contributed by atoms with E-state index in [-0.39, 0.29) is 11.8 Å². The molecule has 1 saturated carbocycles. The Balaban J connectivity index is 2.46. The fraction of sp³-hybridized carbons (Fsp3) is 0.833. The van der Waals surface area contributed by atoms with E-state index in [4.69, 9.17) is 23.2 Å². The highest BCUT2D eigenvalue weighted by Gasteiger charge is 2.57. The summed E-state index contributed by atoms with van der Waals surface area (Å²) in [7, 11) is 2.95. The maximum Gasteiger partial charge on any atom is 0.252 e. The second kappa shape index (κ2) is 2.81. The standard InChI is InChI=1S/C6H9Cl2NO2/c1-9(11-2)5(10)4-3-6(4,7)8/h4H,3H2,1-2H3/t4-/m0/s1. The van der Waals surface area contributed by atoms with Crippen molar-refractivity contribution in [3.63, 3.8) is 0 Å². The minimum atomic E-state index is -0.857. The van der Waals surface area contributed by atoms with Gasteiger partial charge in [-0.2, -0.15) is 0 Å². The van der Waals surface area contributed by atoms with Crippen LogP contribution in [-0.2, 0) is 9.63 Å². The molecular formula is C6H9Cl2NO2. The molecule has 3 nitrogen and oxygen atoms in total. The van der Waals surface area contributed by atoms with Gasteiger partial charge >= 0.3 is 0 Å². The van der Waals surface area contributed by atoms with Crippen LogP contribution < -0.4 is 0 Å². The molecule has 1 amide bonds. The van der Waals surface area contributed by atoms with Gasteiger partial charge in [0, 0.05) is 7.05 Å². The SMILES string of the molecule is CON(C)C(=O)[C@@H]1CC1(Cl)Cl. The van der Waals surface area contributed by atoms with Gasteiger partial charge in [-0.05, 0) is 6.42 Å². The molecule has 0 radical (unpaired) electrons. The lowest BCUT2D eigenvalue weighted by molar-refractivity contribution is -0.170. The number of amides is 1. The third-order valence-electron chi connectivity index (χ3n) is 1.71. The van der Waals surface area contributed by atoms with E-state index in [0.29, 0.717) is 6.42 Å². The van der Waals surface area contributed by atoms with E-state index in [1.807, 2.05) is 0 Å². The first kappa shape index (κ1) is 9.10. The van der Waals surface area contributed by atoms with Crippen molar-refractivity contribution in [2.75, 3.05) is 14.2 Å². The maximum atomic E-state index is 11.2. The molecule has 0 unspecified atom stereocenters. The summed E-state index contributed by atoms with van der Waals surface area (Å²) < 4.78 is -0.857. The van der Waals surface area contributed by atoms with Crippen LogP contribution in [0.5, 0.6) is 0 Å². The molecule has 1 rings (SSSR count). The predicted octanol–water partition coefficient (Wildman–Crippen LogP) is 1.20. The zero-order valence-electron chi connectivity index (χ0n) is 6.30. The van der Waals surface area contributed by atoms with Crippen molar-refractivity contribution in [2.24, 2.45) is 5.92 Å². The first-order chi connectivity index (χ1) is 4.99. The summed E-state index contributed by atoms with van der Waals surface area (Å²) in [6.07, 6.45) is 0.517. The van der Waals surface area contributed by atoms with Gasteiger partial charge in [-0.25, -0.2) is 5.06 Å². The molecule has 0 aromatic rings. The predicted molar refractivity (Wildman–Crippen MR) is 42.3 cm³/mol. The Bertz CT molecular complexity index is 183. The summed E-state index contributed by atoms with van der Waals surface area (Å²) >= 11 is 11.3. The number of hydrogen-bond acceptors (Lipinski definition) is 2. The first-order valence-electron chi connectivity index (χ1n) is 3.18. The Morgan fingerprint density at radius 2 is 2.18 bits per heavy atom. The molecule has 0 aromatic heterocycles. The molecule has 1 aliphatic rings. The number of nitrogens with zero attached hydrogens (tertiary/aromatic N) is 1. The lowest BCUT2D eigenvalue weighted by Gasteiger charge is -2.13. The molecular weight excluding hydrogens is 189 g/mol. The molecule has 1 atom stereocenters. The third kappa shape index (κ3) is 1.78. The Kier molecular flexibility index (Phi) is 2.32. The van der Waals surface area contributed by atoms with Gasteiger partial charge in [0.1, 0.15) is 4.33 Å². The average molecular weight is 198 g/mol. The monoisotopic (exact) mass is 197 g/mol. The summed E-state index contributed by atoms with van der Waals surface area (Å²) in [5, 5.41) is 1.14. The van der Waals surface area contributed by atoms with E-state index in [0.717, 1.165) is 5.06 Å². The smallest absolute Gasteiger partial charge is 0.252 e. The van der Waals surface area contributed by atoms with Gasteiger partial charge in [-0.3, -0.25) is 9.63 Å². The lowest BCUT2D eigenvalue weighted by Crippen LogP contribution is -2.28. The highest BCUT2D eigenvalue weighted by Crippen LogP contribution is 2.53. The number of halogens is 2. The molecule has 0 saturated heterocycles. The summed E-state index contributed by atoms with van der Waals surface area (Å²) in [6.45, 7) is 0. The van der Waals surface area contributed by atoms with Gasteiger partial charge in [0.05, 0.1) is 13.0 Å². The molecule has 0 N–H and O–H groups in total. The van der Waals surface area contributed by atoms with E-state index < -0.39 is 4.33 Å². The third-order valence-corrected chi connectivity index (χ3v) is 2.54. The van der Waals surface area contributed by atoms with Crippen LogP contribution in [0.2, 0.25) is 0 Å². The van der Waals surface area contributed by atoms with Gasteiger partial charge < -0.3 is 0 Å². The van der Waals surface area contributed by atoms with Gasteiger partial charge in [-0.1, -0.05) is 0 Å². The average Bonchev–Trinajstić information content (AvgIpc) is 2.56. The largest absolute Gasteiger partial charge is 0.275 e. The summed E-state index contributed by atoms with van der Waals surface area (Å²) in [5.74, 6) is -0.465. The fourth-order valence-electron chi connectivity index (χ4n) is 0.791. The minimum Gasteiger partial charge on any atom is -0.275 e. The van der Waals surface area contributed by atoms with Crippen molar-refractivity contribution in [2.45, 2.75) is 10.8 Å². The highest BCUT2D eigenvalue weighted by molar-refractivity contribution is 6.52. The van der Waals surface area contributed by atoms with E-state index in [1.165, 1.54) is 14.2 Å². The molecule has 11 heavy (non-hydrogen) atoms. The second-order valence-corrected chi connectivity index (χ2v) is 4.08. The van der Waals surface area contributed by atoms with Crippen molar-refractivity contribution in [1.82, 2.24) is 5.06 Å². The first-order valence-corrected chi connectivity index (χ1v) is 3.94. The molecule has 0 spiro atoms. The van der Waals surface area contributed by atoms with Gasteiger partial charge in [-0.15, -0.1) is 23.2 Å². The van der Waals surface area contributed by atoms with Gasteiger partial charge in [0.25, 0.3) is 5.91 Å². The van der Waals surface area contributed by atoms with Crippen molar-refractivity contribution >= 4 is 29.1 Å². The zero-order valence-corrected chi connectivity index (χ0v) is 7.82. The molecule has 0 aromatic carbocycles. The van der Waals surface area contributed by atoms with Gasteiger partial charge in [0.2, 0.25) is 0 Å². The fourth-order valence-corrected chi connectivity index (χ4v) is 1.29. The van der Waals surface area contributed by atoms with Crippen molar-refractivity contribution in [3.8, 4) is 0 Å². The van der Waals surface area contributed by atoms with Crippen LogP contribution in [0.25, 0.3) is 0 Å². The van der Waals surface area contributed by atoms with Crippen LogP contribution in [0.3, 0.4) is 0 Å². The highest BCUT2D eigenvalue weighted by atomic mass is 35.5. The topological polar surface area (TPSA) is 29.5 Å². The Morgan fingerprint density at radius 3 is 2.45 bits per heavy atom. The second-order valence-electron chi connectivity index (χ2n) is 2.54. The number of carbonyl (C=O) groups excluding carboxylic acids is 1. The number of alkyl halides is 2. The number of hydrogen-bond donors (Lipinski definition) is 0. The number of carbonyl (C=O) groups is 1. The Morgan fingerprint density at radius 1 is 1.73 bits per heavy atom.